The lowest BCUT2D eigenvalue weighted by atomic mass is 9.76. The Hall–Kier alpha value is -2.59. The SMILES string of the molecule is COc1cc2cccc(Nc3ccc(F)c(Cl)c3)c2cc1CC1CCC(CC(=O)C(C)C)CC1. The fourth-order valence-electron chi connectivity index (χ4n) is 5.01. The highest BCUT2D eigenvalue weighted by molar-refractivity contribution is 6.31. The van der Waals surface area contributed by atoms with Crippen molar-refractivity contribution < 1.29 is 13.9 Å². The molecule has 0 atom stereocenters. The molecule has 4 rings (SSSR count). The number of hydrogen-bond acceptors (Lipinski definition) is 3. The van der Waals surface area contributed by atoms with Crippen LogP contribution in [0, 0.1) is 23.6 Å². The molecule has 1 fully saturated rings. The summed E-state index contributed by atoms with van der Waals surface area (Å²) in [7, 11) is 1.72. The van der Waals surface area contributed by atoms with Crippen LogP contribution in [0.15, 0.2) is 48.5 Å². The third-order valence-electron chi connectivity index (χ3n) is 7.09. The van der Waals surface area contributed by atoms with E-state index in [1.807, 2.05) is 26.0 Å². The number of carbonyl (C=O) groups excluding carboxylic acids is 1. The van der Waals surface area contributed by atoms with Crippen molar-refractivity contribution in [2.45, 2.75) is 52.4 Å². The number of rotatable bonds is 8. The smallest absolute Gasteiger partial charge is 0.141 e. The fraction of sp³-hybridized carbons (Fsp3) is 0.414. The minimum atomic E-state index is -0.430. The Morgan fingerprint density at radius 3 is 2.50 bits per heavy atom. The third kappa shape index (κ3) is 5.72. The van der Waals surface area contributed by atoms with E-state index in [9.17, 15) is 9.18 Å². The van der Waals surface area contributed by atoms with Crippen LogP contribution in [0.5, 0.6) is 5.75 Å². The number of Topliss-reactive ketones (excluding diaryl/α,β-unsaturated/α-hetero) is 1. The quantitative estimate of drug-likeness (QED) is 0.351. The van der Waals surface area contributed by atoms with E-state index in [2.05, 4.69) is 23.5 Å². The minimum absolute atomic E-state index is 0.0956. The van der Waals surface area contributed by atoms with Crippen LogP contribution in [0.25, 0.3) is 10.8 Å². The summed E-state index contributed by atoms with van der Waals surface area (Å²) in [4.78, 5) is 12.1. The predicted molar refractivity (Wildman–Crippen MR) is 139 cm³/mol. The molecular weight excluding hydrogens is 449 g/mol. The van der Waals surface area contributed by atoms with Crippen LogP contribution < -0.4 is 10.1 Å². The van der Waals surface area contributed by atoms with E-state index in [0.717, 1.165) is 66.4 Å². The Bertz CT molecular complexity index is 1170. The summed E-state index contributed by atoms with van der Waals surface area (Å²) in [6, 6.07) is 15.1. The first-order valence-electron chi connectivity index (χ1n) is 12.2. The summed E-state index contributed by atoms with van der Waals surface area (Å²) in [6.07, 6.45) is 6.22. The number of hydrogen-bond donors (Lipinski definition) is 1. The molecule has 34 heavy (non-hydrogen) atoms. The van der Waals surface area contributed by atoms with Crippen molar-refractivity contribution in [3.8, 4) is 5.75 Å². The first-order chi connectivity index (χ1) is 16.3. The van der Waals surface area contributed by atoms with Gasteiger partial charge in [0.15, 0.2) is 0 Å². The number of ether oxygens (including phenoxy) is 1. The van der Waals surface area contributed by atoms with Crippen molar-refractivity contribution in [3.63, 3.8) is 0 Å². The molecule has 0 saturated heterocycles. The lowest BCUT2D eigenvalue weighted by molar-refractivity contribution is -0.123. The van der Waals surface area contributed by atoms with Gasteiger partial charge in [0.1, 0.15) is 17.3 Å². The summed E-state index contributed by atoms with van der Waals surface area (Å²) in [5.41, 5.74) is 2.88. The van der Waals surface area contributed by atoms with Crippen LogP contribution in [-0.2, 0) is 11.2 Å². The maximum Gasteiger partial charge on any atom is 0.141 e. The van der Waals surface area contributed by atoms with Crippen molar-refractivity contribution in [2.75, 3.05) is 12.4 Å². The highest BCUT2D eigenvalue weighted by Gasteiger charge is 2.25. The molecule has 1 aliphatic carbocycles. The molecule has 0 spiro atoms. The van der Waals surface area contributed by atoms with Crippen molar-refractivity contribution in [2.24, 2.45) is 17.8 Å². The molecule has 3 nitrogen and oxygen atoms in total. The van der Waals surface area contributed by atoms with Gasteiger partial charge in [-0.15, -0.1) is 0 Å². The molecule has 3 aromatic carbocycles. The summed E-state index contributed by atoms with van der Waals surface area (Å²) < 4.78 is 19.3. The van der Waals surface area contributed by atoms with Gasteiger partial charge in [-0.3, -0.25) is 4.79 Å². The first-order valence-corrected chi connectivity index (χ1v) is 12.6. The van der Waals surface area contributed by atoms with E-state index in [0.29, 0.717) is 17.6 Å². The second-order valence-corrected chi connectivity index (χ2v) is 10.3. The Balaban J connectivity index is 1.53. The van der Waals surface area contributed by atoms with E-state index in [1.165, 1.54) is 11.6 Å². The Kier molecular flexibility index (Phi) is 7.77. The van der Waals surface area contributed by atoms with Crippen LogP contribution >= 0.6 is 11.6 Å². The number of methoxy groups -OCH3 is 1. The highest BCUT2D eigenvalue weighted by atomic mass is 35.5. The van der Waals surface area contributed by atoms with Gasteiger partial charge in [0, 0.05) is 29.1 Å². The van der Waals surface area contributed by atoms with Gasteiger partial charge < -0.3 is 10.1 Å². The highest BCUT2D eigenvalue weighted by Crippen LogP contribution is 2.38. The molecule has 0 heterocycles. The zero-order chi connectivity index (χ0) is 24.2. The molecule has 1 N–H and O–H groups in total. The zero-order valence-electron chi connectivity index (χ0n) is 20.2. The number of benzene rings is 3. The standard InChI is InChI=1S/C29H33ClFNO2/c1-18(2)28(33)14-20-9-7-19(8-10-20)13-22-15-24-21(16-29(22)34-3)5-4-6-27(24)32-23-11-12-26(31)25(30)17-23/h4-6,11-12,15-20,32H,7-10,13-14H2,1-3H3. The molecule has 180 valence electrons. The van der Waals surface area contributed by atoms with Gasteiger partial charge in [-0.05, 0) is 91.3 Å². The van der Waals surface area contributed by atoms with Gasteiger partial charge in [-0.1, -0.05) is 37.6 Å². The van der Waals surface area contributed by atoms with E-state index in [1.54, 1.807) is 19.2 Å². The second kappa shape index (κ2) is 10.8. The molecule has 1 aliphatic rings. The number of fused-ring (bicyclic) bond motifs is 1. The Labute approximate surface area is 206 Å². The molecule has 3 aromatic rings. The van der Waals surface area contributed by atoms with Crippen LogP contribution in [0.2, 0.25) is 5.02 Å². The van der Waals surface area contributed by atoms with E-state index < -0.39 is 5.82 Å². The van der Waals surface area contributed by atoms with E-state index in [-0.39, 0.29) is 10.9 Å². The third-order valence-corrected chi connectivity index (χ3v) is 7.38. The largest absolute Gasteiger partial charge is 0.496 e. The molecule has 0 radical (unpaired) electrons. The molecule has 0 amide bonds. The predicted octanol–water partition coefficient (Wildman–Crippen LogP) is 8.35. The lowest BCUT2D eigenvalue weighted by Crippen LogP contribution is -2.20. The molecule has 0 unspecified atom stereocenters. The average molecular weight is 482 g/mol. The molecule has 1 saturated carbocycles. The lowest BCUT2D eigenvalue weighted by Gasteiger charge is -2.29. The van der Waals surface area contributed by atoms with Crippen molar-refractivity contribution in [1.29, 1.82) is 0 Å². The molecule has 0 aromatic heterocycles. The number of nitrogens with one attached hydrogen (secondary N) is 1. The Morgan fingerprint density at radius 2 is 1.82 bits per heavy atom. The van der Waals surface area contributed by atoms with E-state index >= 15 is 0 Å². The van der Waals surface area contributed by atoms with Gasteiger partial charge in [0.05, 0.1) is 12.1 Å². The maximum absolute atomic E-state index is 13.6. The number of halogens is 2. The number of carbonyl (C=O) groups is 1. The number of ketones is 1. The first kappa shape index (κ1) is 24.5. The van der Waals surface area contributed by atoms with Gasteiger partial charge in [0.25, 0.3) is 0 Å². The van der Waals surface area contributed by atoms with Crippen molar-refractivity contribution in [1.82, 2.24) is 0 Å². The topological polar surface area (TPSA) is 38.3 Å². The van der Waals surface area contributed by atoms with Crippen LogP contribution in [-0.4, -0.2) is 12.9 Å². The van der Waals surface area contributed by atoms with Crippen LogP contribution in [0.1, 0.15) is 51.5 Å². The average Bonchev–Trinajstić information content (AvgIpc) is 2.82. The van der Waals surface area contributed by atoms with Gasteiger partial charge >= 0.3 is 0 Å². The number of anilines is 2. The van der Waals surface area contributed by atoms with Crippen molar-refractivity contribution >= 4 is 39.5 Å². The monoisotopic (exact) mass is 481 g/mol. The maximum atomic E-state index is 13.6. The zero-order valence-corrected chi connectivity index (χ0v) is 20.9. The molecule has 5 heteroatoms. The molecular formula is C29H33ClFNO2. The van der Waals surface area contributed by atoms with E-state index in [4.69, 9.17) is 16.3 Å². The van der Waals surface area contributed by atoms with Crippen molar-refractivity contribution in [3.05, 3.63) is 64.9 Å². The van der Waals surface area contributed by atoms with Gasteiger partial charge in [0.2, 0.25) is 0 Å². The summed E-state index contributed by atoms with van der Waals surface area (Å²) >= 11 is 5.97. The van der Waals surface area contributed by atoms with Crippen LogP contribution in [0.3, 0.4) is 0 Å². The van der Waals surface area contributed by atoms with Crippen LogP contribution in [0.4, 0.5) is 15.8 Å². The fourth-order valence-corrected chi connectivity index (χ4v) is 5.19. The van der Waals surface area contributed by atoms with Gasteiger partial charge in [-0.2, -0.15) is 0 Å². The summed E-state index contributed by atoms with van der Waals surface area (Å²) in [5.74, 6) is 2.12. The second-order valence-electron chi connectivity index (χ2n) is 9.86. The minimum Gasteiger partial charge on any atom is -0.496 e. The van der Waals surface area contributed by atoms with Gasteiger partial charge in [-0.25, -0.2) is 4.39 Å². The summed E-state index contributed by atoms with van der Waals surface area (Å²) in [5, 5.41) is 5.66. The molecule has 0 aliphatic heterocycles. The molecule has 0 bridgehead atoms. The summed E-state index contributed by atoms with van der Waals surface area (Å²) in [6.45, 7) is 3.99. The Morgan fingerprint density at radius 1 is 1.09 bits per heavy atom. The normalized spacial score (nSPS) is 18.3.